The van der Waals surface area contributed by atoms with Crippen LogP contribution in [-0.4, -0.2) is 122 Å². The summed E-state index contributed by atoms with van der Waals surface area (Å²) < 4.78 is 7.88. The molecule has 0 spiro atoms. The van der Waals surface area contributed by atoms with E-state index in [-0.39, 0.29) is 35.6 Å². The summed E-state index contributed by atoms with van der Waals surface area (Å²) in [5, 5.41) is 17.1. The van der Waals surface area contributed by atoms with Gasteiger partial charge in [0.2, 0.25) is 17.7 Å². The third kappa shape index (κ3) is 8.45. The number of aliphatic hydroxyl groups is 1. The van der Waals surface area contributed by atoms with E-state index in [0.29, 0.717) is 78.2 Å². The predicted molar refractivity (Wildman–Crippen MR) is 270 cm³/mol. The van der Waals surface area contributed by atoms with Gasteiger partial charge < -0.3 is 34.4 Å². The van der Waals surface area contributed by atoms with Crippen LogP contribution >= 0.6 is 0 Å². The number of imide groups is 1. The Morgan fingerprint density at radius 3 is 2.38 bits per heavy atom. The molecule has 3 fully saturated rings. The van der Waals surface area contributed by atoms with Gasteiger partial charge >= 0.3 is 0 Å². The van der Waals surface area contributed by atoms with Crippen LogP contribution in [0.2, 0.25) is 0 Å². The van der Waals surface area contributed by atoms with Gasteiger partial charge in [0, 0.05) is 111 Å². The lowest BCUT2D eigenvalue weighted by Gasteiger charge is -2.48. The Balaban J connectivity index is 0.728. The number of ether oxygens (including phenoxy) is 1. The summed E-state index contributed by atoms with van der Waals surface area (Å²) in [7, 11) is 1.58. The molecule has 6 aliphatic rings. The van der Waals surface area contributed by atoms with Crippen molar-refractivity contribution in [2.45, 2.75) is 117 Å². The maximum absolute atomic E-state index is 14.1. The Bertz CT molecular complexity index is 2950. The number of nitrogens with one attached hydrogen (secondary N) is 2. The molecule has 5 atom stereocenters. The first-order chi connectivity index (χ1) is 34.1. The van der Waals surface area contributed by atoms with Crippen LogP contribution in [0.5, 0.6) is 5.88 Å². The average Bonchev–Trinajstić information content (AvgIpc) is 3.97. The topological polar surface area (TPSA) is 182 Å². The summed E-state index contributed by atoms with van der Waals surface area (Å²) in [6, 6.07) is 16.4. The summed E-state index contributed by atoms with van der Waals surface area (Å²) >= 11 is 0. The van der Waals surface area contributed by atoms with Crippen molar-refractivity contribution in [2.24, 2.45) is 5.41 Å². The molecule has 370 valence electrons. The number of rotatable bonds is 10. The maximum Gasteiger partial charge on any atom is 0.276 e. The second-order valence-corrected chi connectivity index (χ2v) is 21.2. The van der Waals surface area contributed by atoms with E-state index in [1.807, 2.05) is 36.5 Å². The molecule has 2 unspecified atom stereocenters. The summed E-state index contributed by atoms with van der Waals surface area (Å²) in [5.41, 5.74) is 9.70. The van der Waals surface area contributed by atoms with Crippen molar-refractivity contribution in [2.75, 3.05) is 59.9 Å². The van der Waals surface area contributed by atoms with Crippen molar-refractivity contribution in [3.63, 3.8) is 0 Å². The van der Waals surface area contributed by atoms with Crippen LogP contribution in [0.3, 0.4) is 0 Å². The van der Waals surface area contributed by atoms with E-state index in [4.69, 9.17) is 14.7 Å². The lowest BCUT2D eigenvalue weighted by Crippen LogP contribution is -2.58. The van der Waals surface area contributed by atoms with E-state index in [0.717, 1.165) is 79.9 Å². The summed E-state index contributed by atoms with van der Waals surface area (Å²) in [6.07, 6.45) is 8.95. The van der Waals surface area contributed by atoms with Crippen LogP contribution in [0.1, 0.15) is 110 Å². The molecule has 0 saturated carbocycles. The number of hydrogen-bond donors (Lipinski definition) is 3. The van der Waals surface area contributed by atoms with Crippen LogP contribution in [0.4, 0.5) is 28.7 Å². The molecule has 3 N–H and O–H groups in total. The molecular formula is C54H63N11O6. The fourth-order valence-electron chi connectivity index (χ4n) is 12.4. The summed E-state index contributed by atoms with van der Waals surface area (Å²) in [4.78, 5) is 76.8. The number of piperazine rings is 1. The fourth-order valence-corrected chi connectivity index (χ4v) is 12.4. The van der Waals surface area contributed by atoms with Crippen molar-refractivity contribution < 1.29 is 29.0 Å². The van der Waals surface area contributed by atoms with Crippen LogP contribution in [0.15, 0.2) is 67.1 Å². The third-order valence-electron chi connectivity index (χ3n) is 15.8. The molecule has 1 aromatic carbocycles. The molecule has 17 heteroatoms. The lowest BCUT2D eigenvalue weighted by molar-refractivity contribution is -0.136. The number of methoxy groups -OCH3 is 1. The molecule has 4 amide bonds. The standard InChI is InChI=1S/C54H63N11O6/c1-31-21-37(14-16-61(31)38-7-9-41-36(22-38)30-65(52(41)69)43-10-12-47(67)59-50(43)68)60-17-18-62(32(2)29-60)39-8-11-46(56-28-39)58-42-23-35(27-57-51(42)71-6)40-13-15-55-49(48(40)33(3)66)64-20-19-63-44(53(64)70)24-34-25-54(4,5)26-45(34)63/h7-9,11,13,15,22-24,27-28,31-33,37,43,66H,10,12,14,16-21,25-26,29-30H2,1-6H3,(H,56,58)(H,59,67,68)/t31-,32+,33?,37?,43+/m1/s1. The minimum Gasteiger partial charge on any atom is -0.480 e. The Hall–Kier alpha value is -6.85. The first-order valence-electron chi connectivity index (χ1n) is 25.2. The molecule has 9 heterocycles. The van der Waals surface area contributed by atoms with Crippen molar-refractivity contribution in [3.05, 3.63) is 101 Å². The highest BCUT2D eigenvalue weighted by Crippen LogP contribution is 2.42. The zero-order valence-corrected chi connectivity index (χ0v) is 41.4. The number of amides is 4. The van der Waals surface area contributed by atoms with Crippen molar-refractivity contribution in [1.82, 2.24) is 34.6 Å². The second-order valence-electron chi connectivity index (χ2n) is 21.2. The molecule has 4 aromatic heterocycles. The van der Waals surface area contributed by atoms with Gasteiger partial charge in [-0.05, 0) is 124 Å². The number of nitrogens with zero attached hydrogens (tertiary/aromatic N) is 9. The van der Waals surface area contributed by atoms with Gasteiger partial charge in [-0.15, -0.1) is 0 Å². The number of aliphatic hydroxyl groups excluding tert-OH is 1. The Morgan fingerprint density at radius 2 is 1.63 bits per heavy atom. The van der Waals surface area contributed by atoms with Crippen LogP contribution < -0.4 is 30.1 Å². The quantitative estimate of drug-likeness (QED) is 0.134. The monoisotopic (exact) mass is 961 g/mol. The van der Waals surface area contributed by atoms with Crippen LogP contribution in [0, 0.1) is 5.41 Å². The number of pyridine rings is 3. The summed E-state index contributed by atoms with van der Waals surface area (Å²) in [6.45, 7) is 16.0. The normalized spacial score (nSPS) is 23.6. The van der Waals surface area contributed by atoms with Crippen LogP contribution in [-0.2, 0) is 35.5 Å². The number of fused-ring (bicyclic) bond motifs is 4. The Kier molecular flexibility index (Phi) is 11.8. The Morgan fingerprint density at radius 1 is 0.817 bits per heavy atom. The van der Waals surface area contributed by atoms with Gasteiger partial charge in [-0.1, -0.05) is 13.8 Å². The highest BCUT2D eigenvalue weighted by atomic mass is 16.5. The van der Waals surface area contributed by atoms with Gasteiger partial charge in [0.05, 0.1) is 25.1 Å². The van der Waals surface area contributed by atoms with Gasteiger partial charge in [-0.2, -0.15) is 0 Å². The van der Waals surface area contributed by atoms with E-state index in [9.17, 15) is 24.3 Å². The highest BCUT2D eigenvalue weighted by molar-refractivity contribution is 6.07. The van der Waals surface area contributed by atoms with Crippen molar-refractivity contribution >= 4 is 52.3 Å². The number of anilines is 5. The number of benzene rings is 1. The zero-order valence-electron chi connectivity index (χ0n) is 41.4. The number of piperidine rings is 2. The molecule has 5 aliphatic heterocycles. The molecule has 1 aliphatic carbocycles. The van der Waals surface area contributed by atoms with Gasteiger partial charge in [-0.25, -0.2) is 15.0 Å². The second kappa shape index (κ2) is 18.1. The largest absolute Gasteiger partial charge is 0.480 e. The smallest absolute Gasteiger partial charge is 0.276 e. The first kappa shape index (κ1) is 46.5. The lowest BCUT2D eigenvalue weighted by atomic mass is 9.90. The van der Waals surface area contributed by atoms with E-state index in [2.05, 4.69) is 80.8 Å². The molecule has 3 saturated heterocycles. The average molecular weight is 962 g/mol. The number of aromatic nitrogens is 4. The van der Waals surface area contributed by atoms with Gasteiger partial charge in [-0.3, -0.25) is 34.3 Å². The molecule has 5 aromatic rings. The molecular weight excluding hydrogens is 899 g/mol. The molecule has 17 nitrogen and oxygen atoms in total. The predicted octanol–water partition coefficient (Wildman–Crippen LogP) is 6.26. The Labute approximate surface area is 414 Å². The first-order valence-corrected chi connectivity index (χ1v) is 25.2. The van der Waals surface area contributed by atoms with Gasteiger partial charge in [0.1, 0.15) is 29.1 Å². The zero-order chi connectivity index (χ0) is 49.5. The highest BCUT2D eigenvalue weighted by Gasteiger charge is 2.41. The molecule has 0 bridgehead atoms. The van der Waals surface area contributed by atoms with E-state index >= 15 is 0 Å². The third-order valence-corrected chi connectivity index (χ3v) is 15.8. The van der Waals surface area contributed by atoms with Gasteiger partial charge in [0.15, 0.2) is 0 Å². The fraction of sp³-hybridized carbons (Fsp3) is 0.463. The van der Waals surface area contributed by atoms with Crippen molar-refractivity contribution in [1.29, 1.82) is 0 Å². The number of carbonyl (C=O) groups excluding carboxylic acids is 4. The molecule has 71 heavy (non-hydrogen) atoms. The van der Waals surface area contributed by atoms with Crippen LogP contribution in [0.25, 0.3) is 11.1 Å². The number of carbonyl (C=O) groups is 4. The number of hydrogen-bond acceptors (Lipinski definition) is 13. The molecule has 0 radical (unpaired) electrons. The minimum absolute atomic E-state index is 0.111. The molecule has 11 rings (SSSR count). The van der Waals surface area contributed by atoms with E-state index < -0.39 is 18.1 Å². The SMILES string of the molecule is COc1ncc(-c2ccnc(N3CCn4c(cc5c4CC(C)(C)C5)C3=O)c2C(C)O)cc1Nc1ccc(N2CCN(C3CCN(c4ccc5c(c4)CN([C@H]4CCC(=O)NC4=O)C5=O)[C@H](C)C3)C[C@@H]2C)cn1. The van der Waals surface area contributed by atoms with Gasteiger partial charge in [0.25, 0.3) is 11.8 Å². The minimum atomic E-state index is -0.922. The van der Waals surface area contributed by atoms with E-state index in [1.54, 1.807) is 36.2 Å². The van der Waals surface area contributed by atoms with Crippen molar-refractivity contribution in [3.8, 4) is 17.0 Å². The maximum atomic E-state index is 14.1. The van der Waals surface area contributed by atoms with E-state index in [1.165, 1.54) is 11.3 Å². The summed E-state index contributed by atoms with van der Waals surface area (Å²) in [5.74, 6) is 0.532.